The van der Waals surface area contributed by atoms with Gasteiger partial charge in [0, 0.05) is 24.5 Å². The predicted octanol–water partition coefficient (Wildman–Crippen LogP) is 6.11. The number of fused-ring (bicyclic) bond motifs is 1. The van der Waals surface area contributed by atoms with Gasteiger partial charge in [0.25, 0.3) is 5.91 Å². The van der Waals surface area contributed by atoms with Crippen LogP contribution in [0, 0.1) is 6.92 Å². The van der Waals surface area contributed by atoms with E-state index in [1.807, 2.05) is 43.3 Å². The van der Waals surface area contributed by atoms with Crippen LogP contribution in [0.4, 0.5) is 11.4 Å². The molecule has 1 atom stereocenters. The molecule has 0 saturated heterocycles. The number of aromatic nitrogens is 3. The van der Waals surface area contributed by atoms with Crippen molar-refractivity contribution in [3.05, 3.63) is 71.8 Å². The SMILES string of the molecule is CC[C@@H](C)c1ccc(OCC(=O)Nc2cc3nn(-c4ccc(N(CC)CC)cc4)nc3cc2C)cc1. The first kappa shape index (κ1) is 25.2. The average Bonchev–Trinajstić information content (AvgIpc) is 3.31. The van der Waals surface area contributed by atoms with Gasteiger partial charge in [-0.15, -0.1) is 10.2 Å². The first-order valence-electron chi connectivity index (χ1n) is 12.7. The number of carbonyl (C=O) groups excluding carboxylic acids is 1. The summed E-state index contributed by atoms with van der Waals surface area (Å²) >= 11 is 0. The third-order valence-electron chi connectivity index (χ3n) is 6.64. The van der Waals surface area contributed by atoms with Gasteiger partial charge in [-0.05, 0) is 92.8 Å². The van der Waals surface area contributed by atoms with Gasteiger partial charge in [-0.25, -0.2) is 0 Å². The lowest BCUT2D eigenvalue weighted by atomic mass is 9.99. The zero-order valence-electron chi connectivity index (χ0n) is 21.8. The number of anilines is 2. The fraction of sp³-hybridized carbons (Fsp3) is 0.345. The van der Waals surface area contributed by atoms with Crippen molar-refractivity contribution in [1.82, 2.24) is 15.0 Å². The predicted molar refractivity (Wildman–Crippen MR) is 146 cm³/mol. The summed E-state index contributed by atoms with van der Waals surface area (Å²) in [4.78, 5) is 16.5. The molecular weight excluding hydrogens is 450 g/mol. The van der Waals surface area contributed by atoms with Gasteiger partial charge in [-0.1, -0.05) is 26.0 Å². The van der Waals surface area contributed by atoms with Crippen LogP contribution in [-0.4, -0.2) is 40.6 Å². The lowest BCUT2D eigenvalue weighted by Gasteiger charge is -2.20. The van der Waals surface area contributed by atoms with Crippen LogP contribution in [0.15, 0.2) is 60.7 Å². The highest BCUT2D eigenvalue weighted by atomic mass is 16.5. The number of amides is 1. The van der Waals surface area contributed by atoms with Crippen LogP contribution in [0.2, 0.25) is 0 Å². The second-order valence-corrected chi connectivity index (χ2v) is 9.05. The molecule has 1 N–H and O–H groups in total. The van der Waals surface area contributed by atoms with Gasteiger partial charge in [0.2, 0.25) is 0 Å². The van der Waals surface area contributed by atoms with Crippen molar-refractivity contribution in [3.8, 4) is 11.4 Å². The van der Waals surface area contributed by atoms with Gasteiger partial charge >= 0.3 is 0 Å². The van der Waals surface area contributed by atoms with Crippen LogP contribution in [0.1, 0.15) is 51.2 Å². The molecular formula is C29H35N5O2. The van der Waals surface area contributed by atoms with Gasteiger partial charge < -0.3 is 15.0 Å². The highest BCUT2D eigenvalue weighted by molar-refractivity contribution is 5.95. The fourth-order valence-electron chi connectivity index (χ4n) is 4.17. The normalized spacial score (nSPS) is 11.9. The Labute approximate surface area is 213 Å². The third kappa shape index (κ3) is 5.67. The Hall–Kier alpha value is -3.87. The highest BCUT2D eigenvalue weighted by Gasteiger charge is 2.12. The summed E-state index contributed by atoms with van der Waals surface area (Å²) in [6, 6.07) is 20.0. The van der Waals surface area contributed by atoms with Crippen LogP contribution < -0.4 is 15.0 Å². The third-order valence-corrected chi connectivity index (χ3v) is 6.64. The summed E-state index contributed by atoms with van der Waals surface area (Å²) in [5.74, 6) is 0.965. The summed E-state index contributed by atoms with van der Waals surface area (Å²) < 4.78 is 5.69. The molecule has 1 amide bonds. The number of nitrogens with zero attached hydrogens (tertiary/aromatic N) is 4. The first-order chi connectivity index (χ1) is 17.4. The van der Waals surface area contributed by atoms with Gasteiger partial charge in [-0.3, -0.25) is 4.79 Å². The van der Waals surface area contributed by atoms with E-state index in [1.54, 1.807) is 4.80 Å². The molecule has 0 radical (unpaired) electrons. The number of benzene rings is 3. The second-order valence-electron chi connectivity index (χ2n) is 9.05. The summed E-state index contributed by atoms with van der Waals surface area (Å²) in [5.41, 5.74) is 6.44. The van der Waals surface area contributed by atoms with E-state index < -0.39 is 0 Å². The summed E-state index contributed by atoms with van der Waals surface area (Å²) in [6.07, 6.45) is 1.09. The molecule has 0 aliphatic carbocycles. The Morgan fingerprint density at radius 2 is 1.61 bits per heavy atom. The maximum absolute atomic E-state index is 12.6. The number of carbonyl (C=O) groups is 1. The maximum Gasteiger partial charge on any atom is 0.262 e. The maximum atomic E-state index is 12.6. The fourth-order valence-corrected chi connectivity index (χ4v) is 4.17. The molecule has 4 aromatic rings. The Kier molecular flexibility index (Phi) is 7.88. The summed E-state index contributed by atoms with van der Waals surface area (Å²) in [5, 5.41) is 12.2. The number of ether oxygens (including phenoxy) is 1. The van der Waals surface area contributed by atoms with E-state index in [1.165, 1.54) is 11.3 Å². The molecule has 0 unspecified atom stereocenters. The molecule has 36 heavy (non-hydrogen) atoms. The number of aryl methyl sites for hydroxylation is 1. The molecule has 4 rings (SSSR count). The zero-order chi connectivity index (χ0) is 25.7. The van der Waals surface area contributed by atoms with E-state index in [0.29, 0.717) is 22.9 Å². The van der Waals surface area contributed by atoms with Crippen molar-refractivity contribution in [1.29, 1.82) is 0 Å². The molecule has 0 saturated carbocycles. The van der Waals surface area contributed by atoms with Crippen molar-refractivity contribution in [2.45, 2.75) is 47.0 Å². The highest BCUT2D eigenvalue weighted by Crippen LogP contribution is 2.24. The number of hydrogen-bond acceptors (Lipinski definition) is 5. The Morgan fingerprint density at radius 3 is 2.22 bits per heavy atom. The summed E-state index contributed by atoms with van der Waals surface area (Å²) in [7, 11) is 0. The van der Waals surface area contributed by atoms with Gasteiger partial charge in [0.05, 0.1) is 5.69 Å². The van der Waals surface area contributed by atoms with E-state index in [0.717, 1.165) is 36.3 Å². The van der Waals surface area contributed by atoms with E-state index in [2.05, 4.69) is 72.4 Å². The molecule has 0 spiro atoms. The van der Waals surface area contributed by atoms with Crippen molar-refractivity contribution >= 4 is 28.3 Å². The average molecular weight is 486 g/mol. The molecule has 0 aliphatic rings. The Balaban J connectivity index is 1.43. The van der Waals surface area contributed by atoms with E-state index in [-0.39, 0.29) is 12.5 Å². The first-order valence-corrected chi connectivity index (χ1v) is 12.7. The summed E-state index contributed by atoms with van der Waals surface area (Å²) in [6.45, 7) is 12.5. The minimum absolute atomic E-state index is 0.0638. The number of nitrogens with one attached hydrogen (secondary N) is 1. The van der Waals surface area contributed by atoms with Gasteiger partial charge in [-0.2, -0.15) is 4.80 Å². The smallest absolute Gasteiger partial charge is 0.262 e. The Bertz CT molecular complexity index is 1310. The largest absolute Gasteiger partial charge is 0.484 e. The standard InChI is InChI=1S/C29H35N5O2/c1-6-20(4)22-9-15-25(16-10-22)36-19-29(35)30-26-18-28-27(17-21(26)5)31-34(32-28)24-13-11-23(12-14-24)33(7-2)8-3/h9-18,20H,6-8,19H2,1-5H3,(H,30,35)/t20-/m1/s1. The molecule has 0 aliphatic heterocycles. The van der Waals surface area contributed by atoms with E-state index >= 15 is 0 Å². The molecule has 7 heteroatoms. The minimum Gasteiger partial charge on any atom is -0.484 e. The number of rotatable bonds is 10. The van der Waals surface area contributed by atoms with Crippen LogP contribution in [0.3, 0.4) is 0 Å². The van der Waals surface area contributed by atoms with Crippen LogP contribution in [-0.2, 0) is 4.79 Å². The van der Waals surface area contributed by atoms with E-state index in [9.17, 15) is 4.79 Å². The lowest BCUT2D eigenvalue weighted by Crippen LogP contribution is -2.21. The minimum atomic E-state index is -0.220. The molecule has 0 bridgehead atoms. The van der Waals surface area contributed by atoms with Crippen molar-refractivity contribution < 1.29 is 9.53 Å². The number of hydrogen-bond donors (Lipinski definition) is 1. The monoisotopic (exact) mass is 485 g/mol. The van der Waals surface area contributed by atoms with Crippen LogP contribution in [0.5, 0.6) is 5.75 Å². The van der Waals surface area contributed by atoms with Gasteiger partial charge in [0.15, 0.2) is 6.61 Å². The molecule has 7 nitrogen and oxygen atoms in total. The lowest BCUT2D eigenvalue weighted by molar-refractivity contribution is -0.118. The van der Waals surface area contributed by atoms with Crippen molar-refractivity contribution in [2.75, 3.05) is 29.9 Å². The van der Waals surface area contributed by atoms with Crippen LogP contribution in [0.25, 0.3) is 16.7 Å². The zero-order valence-corrected chi connectivity index (χ0v) is 21.8. The quantitative estimate of drug-likeness (QED) is 0.294. The molecule has 188 valence electrons. The Morgan fingerprint density at radius 1 is 0.972 bits per heavy atom. The molecule has 1 aromatic heterocycles. The topological polar surface area (TPSA) is 72.3 Å². The second kappa shape index (κ2) is 11.2. The van der Waals surface area contributed by atoms with Crippen molar-refractivity contribution in [3.63, 3.8) is 0 Å². The van der Waals surface area contributed by atoms with Crippen molar-refractivity contribution in [2.24, 2.45) is 0 Å². The molecule has 1 heterocycles. The molecule has 3 aromatic carbocycles. The van der Waals surface area contributed by atoms with Gasteiger partial charge in [0.1, 0.15) is 16.8 Å². The molecule has 0 fully saturated rings. The van der Waals surface area contributed by atoms with E-state index in [4.69, 9.17) is 4.74 Å². The van der Waals surface area contributed by atoms with Crippen LogP contribution >= 0.6 is 0 Å².